The number of halogens is 5. The highest BCUT2D eigenvalue weighted by atomic mass is 19.2. The van der Waals surface area contributed by atoms with Gasteiger partial charge in [-0.3, -0.25) is 4.79 Å². The topological polar surface area (TPSA) is 68.5 Å². The van der Waals surface area contributed by atoms with Gasteiger partial charge in [-0.25, -0.2) is 18.0 Å². The molecule has 0 unspecified atom stereocenters. The highest BCUT2D eigenvalue weighted by Crippen LogP contribution is 2.29. The molecule has 0 radical (unpaired) electrons. The maximum Gasteiger partial charge on any atom is 0.336 e. The van der Waals surface area contributed by atoms with Crippen molar-refractivity contribution in [3.8, 4) is 5.75 Å². The summed E-state index contributed by atoms with van der Waals surface area (Å²) in [6.45, 7) is 2.76. The number of hydrogen-bond acceptors (Lipinski definition) is 4. The third-order valence-corrected chi connectivity index (χ3v) is 4.51. The summed E-state index contributed by atoms with van der Waals surface area (Å²) in [4.78, 5) is 23.8. The molecule has 0 bridgehead atoms. The molecule has 0 atom stereocenters. The molecule has 5 nitrogen and oxygen atoms in total. The molecule has 1 N–H and O–H groups in total. The maximum atomic E-state index is 13.6. The molecule has 0 aliphatic carbocycles. The highest BCUT2D eigenvalue weighted by Gasteiger charge is 2.27. The second-order valence-corrected chi connectivity index (χ2v) is 6.97. The van der Waals surface area contributed by atoms with Crippen LogP contribution in [-0.2, 0) is 11.3 Å². The van der Waals surface area contributed by atoms with E-state index in [-0.39, 0.29) is 12.5 Å². The summed E-state index contributed by atoms with van der Waals surface area (Å²) >= 11 is 0. The van der Waals surface area contributed by atoms with E-state index < -0.39 is 53.0 Å². The van der Waals surface area contributed by atoms with Crippen LogP contribution in [0.5, 0.6) is 5.75 Å². The average molecular weight is 441 g/mol. The molecule has 0 spiro atoms. The van der Waals surface area contributed by atoms with Crippen molar-refractivity contribution in [2.45, 2.75) is 26.3 Å². The Kier molecular flexibility index (Phi) is 6.28. The third kappa shape index (κ3) is 4.52. The van der Waals surface area contributed by atoms with Crippen LogP contribution in [0, 0.1) is 29.1 Å². The van der Waals surface area contributed by atoms with Crippen molar-refractivity contribution in [3.05, 3.63) is 74.9 Å². The summed E-state index contributed by atoms with van der Waals surface area (Å²) in [5.74, 6) is -13.3. The Morgan fingerprint density at radius 2 is 1.61 bits per heavy atom. The predicted molar refractivity (Wildman–Crippen MR) is 100 cm³/mol. The number of hydrogen-bond donors (Lipinski definition) is 1. The Labute approximate surface area is 172 Å². The van der Waals surface area contributed by atoms with Crippen LogP contribution in [-0.4, -0.2) is 12.5 Å². The van der Waals surface area contributed by atoms with E-state index in [9.17, 15) is 31.5 Å². The zero-order valence-corrected chi connectivity index (χ0v) is 16.3. The second kappa shape index (κ2) is 8.75. The van der Waals surface area contributed by atoms with Crippen LogP contribution in [0.3, 0.4) is 0 Å². The van der Waals surface area contributed by atoms with Gasteiger partial charge in [0.05, 0.1) is 0 Å². The third-order valence-electron chi connectivity index (χ3n) is 4.51. The van der Waals surface area contributed by atoms with Crippen LogP contribution in [0.4, 0.5) is 22.0 Å². The highest BCUT2D eigenvalue weighted by molar-refractivity contribution is 5.82. The van der Waals surface area contributed by atoms with Crippen molar-refractivity contribution >= 4 is 16.9 Å². The first-order chi connectivity index (χ1) is 14.6. The van der Waals surface area contributed by atoms with Gasteiger partial charge in [0, 0.05) is 18.0 Å². The number of carbonyl (C=O) groups excluding carboxylic acids is 1. The molecule has 0 aliphatic heterocycles. The quantitative estimate of drug-likeness (QED) is 0.268. The van der Waals surface area contributed by atoms with Crippen molar-refractivity contribution < 1.29 is 35.9 Å². The predicted octanol–water partition coefficient (Wildman–Crippen LogP) is 4.31. The van der Waals surface area contributed by atoms with Crippen molar-refractivity contribution in [1.29, 1.82) is 0 Å². The number of amides is 1. The van der Waals surface area contributed by atoms with Gasteiger partial charge in [-0.1, -0.05) is 19.9 Å². The van der Waals surface area contributed by atoms with Gasteiger partial charge >= 0.3 is 5.63 Å². The van der Waals surface area contributed by atoms with Gasteiger partial charge < -0.3 is 14.5 Å². The molecular weight excluding hydrogens is 425 g/mol. The number of nitrogens with one attached hydrogen (secondary N) is 1. The number of ether oxygens (including phenoxy) is 1. The molecule has 31 heavy (non-hydrogen) atoms. The van der Waals surface area contributed by atoms with Gasteiger partial charge in [-0.05, 0) is 29.2 Å². The van der Waals surface area contributed by atoms with Crippen LogP contribution in [0.15, 0.2) is 33.5 Å². The fraction of sp³-hybridized carbons (Fsp3) is 0.238. The number of rotatable bonds is 6. The maximum absolute atomic E-state index is 13.6. The summed E-state index contributed by atoms with van der Waals surface area (Å²) < 4.78 is 76.3. The number of fused-ring (bicyclic) bond motifs is 1. The molecule has 10 heteroatoms. The van der Waals surface area contributed by atoms with E-state index in [0.29, 0.717) is 16.5 Å². The van der Waals surface area contributed by atoms with Gasteiger partial charge in [-0.2, -0.15) is 8.78 Å². The molecule has 0 fully saturated rings. The first-order valence-corrected chi connectivity index (χ1v) is 9.07. The molecule has 1 heterocycles. The van der Waals surface area contributed by atoms with Crippen molar-refractivity contribution in [2.24, 2.45) is 0 Å². The Balaban J connectivity index is 1.76. The fourth-order valence-corrected chi connectivity index (χ4v) is 2.84. The summed E-state index contributed by atoms with van der Waals surface area (Å²) in [6, 6.07) is 6.41. The first-order valence-electron chi connectivity index (χ1n) is 9.07. The van der Waals surface area contributed by atoms with E-state index in [1.54, 1.807) is 18.2 Å². The standard InChI is InChI=1S/C21H16F5NO4/c1-9(2)10-3-4-13-12(5-10)11(6-15(29)31-13)7-27-14(28)8-30-21-19(25)17(23)16(22)18(24)20(21)26/h3-6,9H,7-8H2,1-2H3,(H,27,28). The first kappa shape index (κ1) is 22.3. The minimum absolute atomic E-state index is 0.164. The van der Waals surface area contributed by atoms with Gasteiger partial charge in [0.25, 0.3) is 5.91 Å². The lowest BCUT2D eigenvalue weighted by Crippen LogP contribution is -2.29. The normalized spacial score (nSPS) is 11.2. The lowest BCUT2D eigenvalue weighted by Gasteiger charge is -2.12. The molecule has 1 amide bonds. The van der Waals surface area contributed by atoms with Gasteiger partial charge in [0.2, 0.25) is 29.1 Å². The van der Waals surface area contributed by atoms with E-state index in [0.717, 1.165) is 5.56 Å². The van der Waals surface area contributed by atoms with Crippen LogP contribution in [0.1, 0.15) is 30.9 Å². The zero-order chi connectivity index (χ0) is 22.9. The van der Waals surface area contributed by atoms with Crippen LogP contribution in [0.25, 0.3) is 11.0 Å². The monoisotopic (exact) mass is 441 g/mol. The van der Waals surface area contributed by atoms with E-state index in [1.165, 1.54) is 6.07 Å². The molecule has 0 aliphatic rings. The Morgan fingerprint density at radius 1 is 1.00 bits per heavy atom. The minimum Gasteiger partial charge on any atom is -0.477 e. The summed E-state index contributed by atoms with van der Waals surface area (Å²) in [5.41, 5.74) is 1.03. The van der Waals surface area contributed by atoms with E-state index in [4.69, 9.17) is 4.42 Å². The number of benzene rings is 2. The van der Waals surface area contributed by atoms with Crippen molar-refractivity contribution in [1.82, 2.24) is 5.32 Å². The van der Waals surface area contributed by atoms with Gasteiger partial charge in [0.15, 0.2) is 12.4 Å². The average Bonchev–Trinajstić information content (AvgIpc) is 2.74. The summed E-state index contributed by atoms with van der Waals surface area (Å²) in [7, 11) is 0. The second-order valence-electron chi connectivity index (χ2n) is 6.97. The molecule has 0 saturated carbocycles. The molecule has 1 aromatic heterocycles. The van der Waals surface area contributed by atoms with Gasteiger partial charge in [-0.15, -0.1) is 0 Å². The molecule has 0 saturated heterocycles. The summed E-state index contributed by atoms with van der Waals surface area (Å²) in [5, 5.41) is 2.94. The fourth-order valence-electron chi connectivity index (χ4n) is 2.84. The Hall–Kier alpha value is -3.43. The van der Waals surface area contributed by atoms with Gasteiger partial charge in [0.1, 0.15) is 5.58 Å². The Bertz CT molecular complexity index is 1190. The summed E-state index contributed by atoms with van der Waals surface area (Å²) in [6.07, 6.45) is 0. The molecular formula is C21H16F5NO4. The van der Waals surface area contributed by atoms with E-state index in [2.05, 4.69) is 10.1 Å². The van der Waals surface area contributed by atoms with Crippen LogP contribution in [0.2, 0.25) is 0 Å². The number of carbonyl (C=O) groups is 1. The smallest absolute Gasteiger partial charge is 0.336 e. The van der Waals surface area contributed by atoms with Crippen molar-refractivity contribution in [2.75, 3.05) is 6.61 Å². The lowest BCUT2D eigenvalue weighted by atomic mass is 9.99. The molecule has 164 valence electrons. The van der Waals surface area contributed by atoms with E-state index in [1.807, 2.05) is 13.8 Å². The van der Waals surface area contributed by atoms with Crippen molar-refractivity contribution in [3.63, 3.8) is 0 Å². The molecule has 2 aromatic carbocycles. The van der Waals surface area contributed by atoms with Crippen LogP contribution < -0.4 is 15.7 Å². The zero-order valence-electron chi connectivity index (χ0n) is 16.3. The largest absolute Gasteiger partial charge is 0.477 e. The molecule has 3 rings (SSSR count). The van der Waals surface area contributed by atoms with E-state index >= 15 is 0 Å². The SMILES string of the molecule is CC(C)c1ccc2oc(=O)cc(CNC(=O)COc3c(F)c(F)c(F)c(F)c3F)c2c1. The lowest BCUT2D eigenvalue weighted by molar-refractivity contribution is -0.123. The van der Waals surface area contributed by atoms with Crippen LogP contribution >= 0.6 is 0 Å². The minimum atomic E-state index is -2.33. The molecule has 3 aromatic rings. The Morgan fingerprint density at radius 3 is 2.23 bits per heavy atom.